The van der Waals surface area contributed by atoms with Crippen molar-refractivity contribution < 1.29 is 48.0 Å². The van der Waals surface area contributed by atoms with E-state index in [0.29, 0.717) is 11.5 Å². The summed E-state index contributed by atoms with van der Waals surface area (Å²) in [6.07, 6.45) is -2.31. The minimum absolute atomic E-state index is 0.0699. The van der Waals surface area contributed by atoms with Gasteiger partial charge >= 0.3 is 24.2 Å². The predicted octanol–water partition coefficient (Wildman–Crippen LogP) is 6.46. The van der Waals surface area contributed by atoms with Crippen molar-refractivity contribution in [3.8, 4) is 34.1 Å². The molecule has 0 bridgehead atoms. The molecule has 1 aliphatic rings. The lowest BCUT2D eigenvalue weighted by atomic mass is 9.99. The van der Waals surface area contributed by atoms with Gasteiger partial charge in [0.2, 0.25) is 0 Å². The van der Waals surface area contributed by atoms with E-state index in [-0.39, 0.29) is 28.5 Å². The first-order valence-electron chi connectivity index (χ1n) is 12.3. The van der Waals surface area contributed by atoms with Gasteiger partial charge in [-0.15, -0.1) is 0 Å². The van der Waals surface area contributed by atoms with Crippen molar-refractivity contribution in [2.24, 2.45) is 0 Å². The number of rotatable bonds is 6. The number of ether oxygens (including phenoxy) is 5. The fourth-order valence-corrected chi connectivity index (χ4v) is 4.47. The molecule has 0 spiro atoms. The number of benzene rings is 4. The van der Waals surface area contributed by atoms with Crippen molar-refractivity contribution in [3.05, 3.63) is 107 Å². The van der Waals surface area contributed by atoms with E-state index in [9.17, 15) is 19.2 Å². The first-order chi connectivity index (χ1) is 19.7. The molecule has 0 amide bonds. The van der Waals surface area contributed by atoms with E-state index in [1.54, 1.807) is 24.3 Å². The molecule has 0 saturated heterocycles. The monoisotopic (exact) mass is 554 g/mol. The van der Waals surface area contributed by atoms with Crippen LogP contribution < -0.4 is 18.9 Å². The number of carbonyl (C=O) groups excluding carboxylic acids is 3. The van der Waals surface area contributed by atoms with Crippen LogP contribution in [0.2, 0.25) is 0 Å². The summed E-state index contributed by atoms with van der Waals surface area (Å²) in [5.41, 5.74) is 4.35. The van der Waals surface area contributed by atoms with Gasteiger partial charge in [-0.2, -0.15) is 0 Å². The molecule has 4 aromatic carbocycles. The number of methoxy groups -OCH3 is 1. The molecular formula is C31H22O10. The highest BCUT2D eigenvalue weighted by atomic mass is 16.7. The molecule has 4 aromatic rings. The Bertz CT molecular complexity index is 1660. The van der Waals surface area contributed by atoms with Gasteiger partial charge in [0.15, 0.2) is 0 Å². The second-order valence-electron chi connectivity index (χ2n) is 8.97. The van der Waals surface area contributed by atoms with Crippen molar-refractivity contribution in [2.45, 2.75) is 12.8 Å². The SMILES string of the molecule is COC(=O)Oc1ccc(C(=O)Oc2ccc3c(c2)C(C)c2cc(OC(=O)c4ccc(OC(=O)O)cc4)ccc2-3)cc1. The van der Waals surface area contributed by atoms with Crippen molar-refractivity contribution in [3.63, 3.8) is 0 Å². The van der Waals surface area contributed by atoms with Gasteiger partial charge in [-0.25, -0.2) is 19.2 Å². The molecule has 5 rings (SSSR count). The van der Waals surface area contributed by atoms with Gasteiger partial charge in [0.05, 0.1) is 18.2 Å². The molecule has 0 fully saturated rings. The lowest BCUT2D eigenvalue weighted by molar-refractivity contribution is 0.0725. The molecule has 0 heterocycles. The van der Waals surface area contributed by atoms with Crippen molar-refractivity contribution in [1.29, 1.82) is 0 Å². The zero-order valence-corrected chi connectivity index (χ0v) is 21.8. The van der Waals surface area contributed by atoms with Crippen LogP contribution in [0.3, 0.4) is 0 Å². The smallest absolute Gasteiger partial charge is 0.449 e. The van der Waals surface area contributed by atoms with Gasteiger partial charge in [-0.05, 0) is 95.1 Å². The van der Waals surface area contributed by atoms with Crippen molar-refractivity contribution in [1.82, 2.24) is 0 Å². The van der Waals surface area contributed by atoms with E-state index >= 15 is 0 Å². The summed E-state index contributed by atoms with van der Waals surface area (Å²) in [6.45, 7) is 2.00. The Labute approximate surface area is 233 Å². The highest BCUT2D eigenvalue weighted by molar-refractivity contribution is 5.92. The lowest BCUT2D eigenvalue weighted by Gasteiger charge is -2.10. The van der Waals surface area contributed by atoms with E-state index in [4.69, 9.17) is 19.3 Å². The largest absolute Gasteiger partial charge is 0.513 e. The van der Waals surface area contributed by atoms with E-state index in [0.717, 1.165) is 22.3 Å². The van der Waals surface area contributed by atoms with Crippen molar-refractivity contribution in [2.75, 3.05) is 7.11 Å². The summed E-state index contributed by atoms with van der Waals surface area (Å²) in [6, 6.07) is 22.2. The first-order valence-corrected chi connectivity index (χ1v) is 12.3. The third-order valence-corrected chi connectivity index (χ3v) is 6.44. The number of esters is 2. The molecule has 0 aromatic heterocycles. The van der Waals surface area contributed by atoms with E-state index in [2.05, 4.69) is 9.47 Å². The van der Waals surface area contributed by atoms with Crippen LogP contribution in [0.1, 0.15) is 44.7 Å². The van der Waals surface area contributed by atoms with Gasteiger partial charge in [0.1, 0.15) is 23.0 Å². The van der Waals surface area contributed by atoms with Gasteiger partial charge in [-0.3, -0.25) is 0 Å². The summed E-state index contributed by atoms with van der Waals surface area (Å²) in [5, 5.41) is 8.69. The Morgan fingerprint density at radius 1 is 0.585 bits per heavy atom. The molecule has 0 radical (unpaired) electrons. The van der Waals surface area contributed by atoms with E-state index < -0.39 is 24.2 Å². The molecular weight excluding hydrogens is 532 g/mol. The minimum atomic E-state index is -1.45. The summed E-state index contributed by atoms with van der Waals surface area (Å²) < 4.78 is 25.0. The highest BCUT2D eigenvalue weighted by Crippen LogP contribution is 2.47. The first kappa shape index (κ1) is 26.9. The van der Waals surface area contributed by atoms with Gasteiger partial charge in [-0.1, -0.05) is 19.1 Å². The molecule has 0 saturated carbocycles. The Morgan fingerprint density at radius 3 is 1.41 bits per heavy atom. The van der Waals surface area contributed by atoms with Crippen LogP contribution in [0.25, 0.3) is 11.1 Å². The second kappa shape index (κ2) is 11.2. The van der Waals surface area contributed by atoms with Crippen LogP contribution in [0.4, 0.5) is 9.59 Å². The molecule has 0 aliphatic heterocycles. The molecule has 10 nitrogen and oxygen atoms in total. The molecule has 10 heteroatoms. The number of carboxylic acid groups (broad SMARTS) is 1. The summed E-state index contributed by atoms with van der Waals surface area (Å²) >= 11 is 0. The average Bonchev–Trinajstić information content (AvgIpc) is 3.23. The third-order valence-electron chi connectivity index (χ3n) is 6.44. The molecule has 41 heavy (non-hydrogen) atoms. The maximum absolute atomic E-state index is 12.7. The average molecular weight is 555 g/mol. The fraction of sp³-hybridized carbons (Fsp3) is 0.0968. The second-order valence-corrected chi connectivity index (χ2v) is 8.97. The molecule has 206 valence electrons. The van der Waals surface area contributed by atoms with Crippen molar-refractivity contribution >= 4 is 24.2 Å². The number of hydrogen-bond acceptors (Lipinski definition) is 9. The molecule has 1 unspecified atom stereocenters. The normalized spacial score (nSPS) is 12.9. The van der Waals surface area contributed by atoms with Crippen LogP contribution in [0.15, 0.2) is 84.9 Å². The fourth-order valence-electron chi connectivity index (χ4n) is 4.47. The maximum Gasteiger partial charge on any atom is 0.513 e. The maximum atomic E-state index is 12.7. The van der Waals surface area contributed by atoms with Crippen LogP contribution in [-0.2, 0) is 4.74 Å². The van der Waals surface area contributed by atoms with Gasteiger partial charge in [0, 0.05) is 5.92 Å². The van der Waals surface area contributed by atoms with Crippen LogP contribution in [-0.4, -0.2) is 36.5 Å². The molecule has 1 atom stereocenters. The predicted molar refractivity (Wildman–Crippen MR) is 144 cm³/mol. The van der Waals surface area contributed by atoms with E-state index in [1.807, 2.05) is 19.1 Å². The topological polar surface area (TPSA) is 135 Å². The quantitative estimate of drug-likeness (QED) is 0.161. The summed E-state index contributed by atoms with van der Waals surface area (Å²) in [4.78, 5) is 47.2. The van der Waals surface area contributed by atoms with Crippen LogP contribution in [0, 0.1) is 0 Å². The Morgan fingerprint density at radius 2 is 1.00 bits per heavy atom. The Kier molecular flexibility index (Phi) is 7.38. The summed E-state index contributed by atoms with van der Waals surface area (Å²) in [5.74, 6) is -0.212. The number of carbonyl (C=O) groups is 4. The van der Waals surface area contributed by atoms with E-state index in [1.165, 1.54) is 55.6 Å². The molecule has 1 N–H and O–H groups in total. The lowest BCUT2D eigenvalue weighted by Crippen LogP contribution is -2.10. The molecule has 1 aliphatic carbocycles. The summed E-state index contributed by atoms with van der Waals surface area (Å²) in [7, 11) is 1.20. The number of fused-ring (bicyclic) bond motifs is 3. The third kappa shape index (κ3) is 5.86. The zero-order chi connectivity index (χ0) is 29.1. The standard InChI is InChI=1S/C31H22O10/c1-17-26-15-22(38-28(32)18-3-7-20(8-4-18)40-30(34)35)11-13-24(26)25-14-12-23(16-27(17)25)39-29(33)19-5-9-21(10-6-19)41-31(36)37-2/h3-17H,1-2H3,(H,34,35). The Balaban J connectivity index is 1.27. The highest BCUT2D eigenvalue weighted by Gasteiger charge is 2.27. The minimum Gasteiger partial charge on any atom is -0.449 e. The zero-order valence-electron chi connectivity index (χ0n) is 21.8. The van der Waals surface area contributed by atoms with Crippen LogP contribution in [0.5, 0.6) is 23.0 Å². The Hall–Kier alpha value is -5.64. The van der Waals surface area contributed by atoms with Gasteiger partial charge < -0.3 is 28.8 Å². The van der Waals surface area contributed by atoms with Crippen LogP contribution >= 0.6 is 0 Å². The van der Waals surface area contributed by atoms with Gasteiger partial charge in [0.25, 0.3) is 0 Å². The number of hydrogen-bond donors (Lipinski definition) is 1.